The van der Waals surface area contributed by atoms with Crippen molar-refractivity contribution in [3.05, 3.63) is 65.4 Å². The second-order valence-corrected chi connectivity index (χ2v) is 9.04. The zero-order chi connectivity index (χ0) is 22.6. The fourth-order valence-corrected chi connectivity index (χ4v) is 4.97. The van der Waals surface area contributed by atoms with Crippen LogP contribution in [0.5, 0.6) is 11.5 Å². The normalized spacial score (nSPS) is 14.5. The van der Waals surface area contributed by atoms with Crippen molar-refractivity contribution < 1.29 is 14.6 Å². The van der Waals surface area contributed by atoms with E-state index in [0.717, 1.165) is 73.5 Å². The Kier molecular flexibility index (Phi) is 8.36. The fourth-order valence-electron chi connectivity index (χ4n) is 4.97. The molecule has 0 saturated heterocycles. The fraction of sp³-hybridized carbons (Fsp3) is 0.429. The monoisotopic (exact) mass is 467 g/mol. The van der Waals surface area contributed by atoms with Gasteiger partial charge in [-0.1, -0.05) is 63.8 Å². The number of para-hydroxylation sites is 1. The minimum absolute atomic E-state index is 0. The van der Waals surface area contributed by atoms with Crippen molar-refractivity contribution >= 4 is 29.1 Å². The molecule has 0 atom stereocenters. The van der Waals surface area contributed by atoms with E-state index in [4.69, 9.17) is 4.74 Å². The summed E-state index contributed by atoms with van der Waals surface area (Å²) < 4.78 is 6.15. The summed E-state index contributed by atoms with van der Waals surface area (Å²) in [6.07, 6.45) is 7.59. The van der Waals surface area contributed by atoms with Crippen LogP contribution in [0.25, 0.3) is 10.9 Å². The number of hydrogen-bond donors (Lipinski definition) is 1. The SMILES string of the molecule is CCCCC1(CCCC)CCc2c(OCc3ccc4ccccc4n3)ccc(O)c2C1=O.Cl. The molecule has 4 nitrogen and oxygen atoms in total. The Morgan fingerprint density at radius 1 is 1.00 bits per heavy atom. The molecule has 0 saturated carbocycles. The molecule has 1 aromatic heterocycles. The lowest BCUT2D eigenvalue weighted by atomic mass is 9.65. The number of aromatic hydroxyl groups is 1. The molecule has 1 aliphatic rings. The molecule has 0 radical (unpaired) electrons. The number of aromatic nitrogens is 1. The van der Waals surface area contributed by atoms with Crippen LogP contribution in [-0.2, 0) is 13.0 Å². The van der Waals surface area contributed by atoms with E-state index in [1.54, 1.807) is 12.1 Å². The highest BCUT2D eigenvalue weighted by atomic mass is 35.5. The number of carbonyl (C=O) groups excluding carboxylic acids is 1. The molecule has 0 unspecified atom stereocenters. The molecule has 3 aromatic rings. The minimum Gasteiger partial charge on any atom is -0.507 e. The molecule has 1 heterocycles. The summed E-state index contributed by atoms with van der Waals surface area (Å²) in [5.74, 6) is 0.867. The van der Waals surface area contributed by atoms with Crippen molar-refractivity contribution in [2.24, 2.45) is 5.41 Å². The molecule has 0 amide bonds. The number of ether oxygens (including phenoxy) is 1. The van der Waals surface area contributed by atoms with E-state index in [1.807, 2.05) is 36.4 Å². The third kappa shape index (κ3) is 5.16. The molecule has 176 valence electrons. The molecule has 33 heavy (non-hydrogen) atoms. The largest absolute Gasteiger partial charge is 0.507 e. The second-order valence-electron chi connectivity index (χ2n) is 9.04. The standard InChI is InChI=1S/C28H33NO3.ClH/c1-3-5-16-28(17-6-4-2)18-15-22-25(14-13-24(30)26(22)27(28)31)32-19-21-12-11-20-9-7-8-10-23(20)29-21;/h7-14,30H,3-6,15-19H2,1-2H3;1H. The topological polar surface area (TPSA) is 59.4 Å². The van der Waals surface area contributed by atoms with Gasteiger partial charge in [0.2, 0.25) is 0 Å². The van der Waals surface area contributed by atoms with Gasteiger partial charge in [-0.2, -0.15) is 0 Å². The van der Waals surface area contributed by atoms with Gasteiger partial charge in [0, 0.05) is 16.4 Å². The highest BCUT2D eigenvalue weighted by molar-refractivity contribution is 6.05. The summed E-state index contributed by atoms with van der Waals surface area (Å²) >= 11 is 0. The molecule has 0 bridgehead atoms. The Labute approximate surface area is 202 Å². The van der Waals surface area contributed by atoms with Crippen LogP contribution in [-0.4, -0.2) is 15.9 Å². The summed E-state index contributed by atoms with van der Waals surface area (Å²) in [6, 6.07) is 15.4. The minimum atomic E-state index is -0.352. The Morgan fingerprint density at radius 3 is 2.45 bits per heavy atom. The van der Waals surface area contributed by atoms with Crippen LogP contribution in [0.15, 0.2) is 48.5 Å². The zero-order valence-electron chi connectivity index (χ0n) is 19.6. The number of nitrogens with zero attached hydrogens (tertiary/aromatic N) is 1. The van der Waals surface area contributed by atoms with Crippen molar-refractivity contribution in [2.45, 2.75) is 71.8 Å². The predicted molar refractivity (Wildman–Crippen MR) is 136 cm³/mol. The van der Waals surface area contributed by atoms with Crippen LogP contribution in [0.1, 0.15) is 80.4 Å². The molecular weight excluding hydrogens is 434 g/mol. The quantitative estimate of drug-likeness (QED) is 0.355. The van der Waals surface area contributed by atoms with Gasteiger partial charge in [0.1, 0.15) is 18.1 Å². The van der Waals surface area contributed by atoms with Crippen molar-refractivity contribution in [3.63, 3.8) is 0 Å². The Balaban J connectivity index is 0.00000306. The second kappa shape index (κ2) is 11.0. The first-order valence-corrected chi connectivity index (χ1v) is 11.9. The number of ketones is 1. The highest BCUT2D eigenvalue weighted by Gasteiger charge is 2.43. The van der Waals surface area contributed by atoms with Gasteiger partial charge in [-0.25, -0.2) is 4.98 Å². The summed E-state index contributed by atoms with van der Waals surface area (Å²) in [4.78, 5) is 18.4. The van der Waals surface area contributed by atoms with Crippen LogP contribution in [0.3, 0.4) is 0 Å². The maximum absolute atomic E-state index is 13.7. The molecule has 2 aromatic carbocycles. The van der Waals surface area contributed by atoms with Gasteiger partial charge in [-0.3, -0.25) is 4.79 Å². The Hall–Kier alpha value is -2.59. The number of halogens is 1. The Bertz CT molecular complexity index is 1100. The Morgan fingerprint density at radius 2 is 1.73 bits per heavy atom. The molecule has 0 spiro atoms. The van der Waals surface area contributed by atoms with E-state index in [2.05, 4.69) is 18.8 Å². The average Bonchev–Trinajstić information content (AvgIpc) is 2.82. The van der Waals surface area contributed by atoms with Crippen LogP contribution in [0.2, 0.25) is 0 Å². The summed E-state index contributed by atoms with van der Waals surface area (Å²) in [5, 5.41) is 11.7. The van der Waals surface area contributed by atoms with Gasteiger partial charge in [-0.15, -0.1) is 12.4 Å². The van der Waals surface area contributed by atoms with E-state index in [0.29, 0.717) is 17.9 Å². The van der Waals surface area contributed by atoms with Crippen molar-refractivity contribution in [1.29, 1.82) is 0 Å². The van der Waals surface area contributed by atoms with Gasteiger partial charge >= 0.3 is 0 Å². The van der Waals surface area contributed by atoms with E-state index in [-0.39, 0.29) is 29.4 Å². The van der Waals surface area contributed by atoms with Gasteiger partial charge in [0.15, 0.2) is 5.78 Å². The number of phenolic OH excluding ortho intramolecular Hbond substituents is 1. The van der Waals surface area contributed by atoms with Crippen LogP contribution < -0.4 is 4.74 Å². The number of unbranched alkanes of at least 4 members (excludes halogenated alkanes) is 2. The first-order chi connectivity index (χ1) is 15.6. The number of phenols is 1. The molecule has 5 heteroatoms. The lowest BCUT2D eigenvalue weighted by Crippen LogP contribution is -2.36. The lowest BCUT2D eigenvalue weighted by Gasteiger charge is -2.37. The van der Waals surface area contributed by atoms with Crippen molar-refractivity contribution in [2.75, 3.05) is 0 Å². The van der Waals surface area contributed by atoms with Crippen LogP contribution in [0.4, 0.5) is 0 Å². The first kappa shape index (κ1) is 25.0. The number of carbonyl (C=O) groups is 1. The smallest absolute Gasteiger partial charge is 0.173 e. The predicted octanol–water partition coefficient (Wildman–Crippen LogP) is 7.44. The van der Waals surface area contributed by atoms with Crippen molar-refractivity contribution in [1.82, 2.24) is 4.98 Å². The van der Waals surface area contributed by atoms with Gasteiger partial charge in [0.05, 0.1) is 16.8 Å². The molecular formula is C28H34ClNO3. The van der Waals surface area contributed by atoms with Gasteiger partial charge < -0.3 is 9.84 Å². The van der Waals surface area contributed by atoms with Gasteiger partial charge in [-0.05, 0) is 49.9 Å². The van der Waals surface area contributed by atoms with E-state index in [1.165, 1.54) is 0 Å². The molecule has 0 fully saturated rings. The third-order valence-electron chi connectivity index (χ3n) is 6.86. The van der Waals surface area contributed by atoms with E-state index >= 15 is 0 Å². The molecule has 1 N–H and O–H groups in total. The summed E-state index contributed by atoms with van der Waals surface area (Å²) in [5.41, 5.74) is 2.75. The number of Topliss-reactive ketones (excluding diaryl/α,β-unsaturated/α-hetero) is 1. The number of rotatable bonds is 9. The summed E-state index contributed by atoms with van der Waals surface area (Å²) in [6.45, 7) is 4.66. The third-order valence-corrected chi connectivity index (χ3v) is 6.86. The van der Waals surface area contributed by atoms with E-state index in [9.17, 15) is 9.90 Å². The number of fused-ring (bicyclic) bond motifs is 2. The first-order valence-electron chi connectivity index (χ1n) is 11.9. The average molecular weight is 468 g/mol. The summed E-state index contributed by atoms with van der Waals surface area (Å²) in [7, 11) is 0. The van der Waals surface area contributed by atoms with E-state index < -0.39 is 0 Å². The number of hydrogen-bond acceptors (Lipinski definition) is 4. The van der Waals surface area contributed by atoms with Crippen molar-refractivity contribution in [3.8, 4) is 11.5 Å². The number of benzene rings is 2. The van der Waals surface area contributed by atoms with Crippen LogP contribution in [0, 0.1) is 5.41 Å². The highest BCUT2D eigenvalue weighted by Crippen LogP contribution is 2.48. The maximum atomic E-state index is 13.7. The van der Waals surface area contributed by atoms with Crippen LogP contribution >= 0.6 is 12.4 Å². The van der Waals surface area contributed by atoms with Gasteiger partial charge in [0.25, 0.3) is 0 Å². The maximum Gasteiger partial charge on any atom is 0.173 e. The number of pyridine rings is 1. The lowest BCUT2D eigenvalue weighted by molar-refractivity contribution is 0.0701. The zero-order valence-corrected chi connectivity index (χ0v) is 20.4. The molecule has 1 aliphatic carbocycles. The molecule has 0 aliphatic heterocycles. The molecule has 4 rings (SSSR count).